The Morgan fingerprint density at radius 2 is 2.11 bits per heavy atom. The Morgan fingerprint density at radius 1 is 1.33 bits per heavy atom. The van der Waals surface area contributed by atoms with Crippen LogP contribution in [0.3, 0.4) is 0 Å². The van der Waals surface area contributed by atoms with Gasteiger partial charge in [0.1, 0.15) is 5.82 Å². The van der Waals surface area contributed by atoms with Crippen LogP contribution in [0.25, 0.3) is 0 Å². The number of aromatic nitrogens is 2. The molecule has 0 aliphatic carbocycles. The van der Waals surface area contributed by atoms with Crippen LogP contribution in [0.4, 0.5) is 0 Å². The second-order valence-corrected chi connectivity index (χ2v) is 4.55. The summed E-state index contributed by atoms with van der Waals surface area (Å²) in [6.45, 7) is 3.80. The normalized spacial score (nSPS) is 12.6. The van der Waals surface area contributed by atoms with Gasteiger partial charge in [-0.05, 0) is 12.5 Å². The van der Waals surface area contributed by atoms with Crippen molar-refractivity contribution >= 4 is 11.6 Å². The maximum Gasteiger partial charge on any atom is 0.105 e. The van der Waals surface area contributed by atoms with Crippen LogP contribution in [0.5, 0.6) is 0 Å². The molecule has 1 N–H and O–H groups in total. The van der Waals surface area contributed by atoms with E-state index in [1.165, 1.54) is 5.56 Å². The third-order valence-corrected chi connectivity index (χ3v) is 3.33. The average molecular weight is 264 g/mol. The Bertz CT molecular complexity index is 467. The van der Waals surface area contributed by atoms with Gasteiger partial charge in [-0.25, -0.2) is 4.98 Å². The van der Waals surface area contributed by atoms with E-state index in [9.17, 15) is 0 Å². The predicted molar refractivity (Wildman–Crippen MR) is 74.9 cm³/mol. The summed E-state index contributed by atoms with van der Waals surface area (Å²) in [5.74, 6) is 1.62. The number of alkyl halides is 1. The van der Waals surface area contributed by atoms with Gasteiger partial charge in [0.25, 0.3) is 0 Å². The van der Waals surface area contributed by atoms with Crippen molar-refractivity contribution in [1.29, 1.82) is 0 Å². The van der Waals surface area contributed by atoms with Gasteiger partial charge in [-0.1, -0.05) is 30.3 Å². The minimum absolute atomic E-state index is 0.205. The van der Waals surface area contributed by atoms with Crippen LogP contribution < -0.4 is 5.32 Å². The lowest BCUT2D eigenvalue weighted by atomic mass is 10.1. The first-order valence-corrected chi connectivity index (χ1v) is 6.66. The minimum atomic E-state index is 0.205. The second-order valence-electron chi connectivity index (χ2n) is 4.24. The fraction of sp³-hybridized carbons (Fsp3) is 0.357. The van der Waals surface area contributed by atoms with E-state index in [0.29, 0.717) is 5.88 Å². The largest absolute Gasteiger partial charge is 0.334 e. The maximum absolute atomic E-state index is 6.01. The highest BCUT2D eigenvalue weighted by molar-refractivity contribution is 6.18. The summed E-state index contributed by atoms with van der Waals surface area (Å²) in [6.07, 6.45) is 3.82. The molecule has 0 spiro atoms. The summed E-state index contributed by atoms with van der Waals surface area (Å²) in [6, 6.07) is 10.5. The molecule has 0 aliphatic rings. The molecule has 0 amide bonds. The van der Waals surface area contributed by atoms with E-state index < -0.39 is 0 Å². The zero-order valence-electron chi connectivity index (χ0n) is 10.5. The lowest BCUT2D eigenvalue weighted by Crippen LogP contribution is -2.26. The summed E-state index contributed by atoms with van der Waals surface area (Å²) in [7, 11) is 0. The highest BCUT2D eigenvalue weighted by atomic mass is 35.5. The topological polar surface area (TPSA) is 29.9 Å². The van der Waals surface area contributed by atoms with Crippen molar-refractivity contribution in [2.75, 3.05) is 12.4 Å². The summed E-state index contributed by atoms with van der Waals surface area (Å²) in [4.78, 5) is 4.20. The molecule has 96 valence electrons. The van der Waals surface area contributed by atoms with Gasteiger partial charge >= 0.3 is 0 Å². The average Bonchev–Trinajstić information content (AvgIpc) is 2.81. The first-order chi connectivity index (χ1) is 8.81. The van der Waals surface area contributed by atoms with Crippen molar-refractivity contribution < 1.29 is 0 Å². The van der Waals surface area contributed by atoms with Gasteiger partial charge in [-0.3, -0.25) is 0 Å². The molecule has 1 heterocycles. The molecule has 2 aromatic rings. The number of halogens is 1. The molecule has 2 rings (SSSR count). The first-order valence-electron chi connectivity index (χ1n) is 6.13. The summed E-state index contributed by atoms with van der Waals surface area (Å²) in [5, 5.41) is 3.47. The molecular formula is C14H18ClN3. The molecular weight excluding hydrogens is 246 g/mol. The third-order valence-electron chi connectivity index (χ3n) is 3.02. The SMILES string of the molecule is Cc1nccn1CCNC(CCl)c1ccccc1. The number of nitrogens with one attached hydrogen (secondary N) is 1. The van der Waals surface area contributed by atoms with Crippen LogP contribution in [-0.2, 0) is 6.54 Å². The molecule has 0 radical (unpaired) electrons. The van der Waals surface area contributed by atoms with Crippen molar-refractivity contribution in [2.45, 2.75) is 19.5 Å². The summed E-state index contributed by atoms with van der Waals surface area (Å²) < 4.78 is 2.13. The van der Waals surface area contributed by atoms with Crippen molar-refractivity contribution in [3.63, 3.8) is 0 Å². The molecule has 0 saturated carbocycles. The third kappa shape index (κ3) is 3.34. The second kappa shape index (κ2) is 6.57. The zero-order valence-corrected chi connectivity index (χ0v) is 11.3. The highest BCUT2D eigenvalue weighted by Crippen LogP contribution is 2.13. The van der Waals surface area contributed by atoms with E-state index >= 15 is 0 Å². The number of imidazole rings is 1. The van der Waals surface area contributed by atoms with Crippen molar-refractivity contribution in [2.24, 2.45) is 0 Å². The molecule has 0 saturated heterocycles. The van der Waals surface area contributed by atoms with Crippen LogP contribution in [-0.4, -0.2) is 22.0 Å². The number of rotatable bonds is 6. The first kappa shape index (κ1) is 13.1. The smallest absolute Gasteiger partial charge is 0.105 e. The minimum Gasteiger partial charge on any atom is -0.334 e. The Balaban J connectivity index is 1.87. The molecule has 18 heavy (non-hydrogen) atoms. The molecule has 0 fully saturated rings. The molecule has 3 nitrogen and oxygen atoms in total. The monoisotopic (exact) mass is 263 g/mol. The fourth-order valence-corrected chi connectivity index (χ4v) is 2.23. The molecule has 1 atom stereocenters. The van der Waals surface area contributed by atoms with Gasteiger partial charge in [-0.2, -0.15) is 0 Å². The lowest BCUT2D eigenvalue weighted by molar-refractivity contribution is 0.529. The molecule has 1 aromatic carbocycles. The van der Waals surface area contributed by atoms with Crippen molar-refractivity contribution in [3.8, 4) is 0 Å². The zero-order chi connectivity index (χ0) is 12.8. The Kier molecular flexibility index (Phi) is 4.79. The van der Waals surface area contributed by atoms with E-state index in [1.54, 1.807) is 0 Å². The van der Waals surface area contributed by atoms with Gasteiger partial charge < -0.3 is 9.88 Å². The van der Waals surface area contributed by atoms with Crippen LogP contribution in [0, 0.1) is 6.92 Å². The molecule has 1 unspecified atom stereocenters. The Hall–Kier alpha value is -1.32. The quantitative estimate of drug-likeness (QED) is 0.813. The summed E-state index contributed by atoms with van der Waals surface area (Å²) >= 11 is 6.01. The molecule has 4 heteroatoms. The summed E-state index contributed by atoms with van der Waals surface area (Å²) in [5.41, 5.74) is 1.23. The van der Waals surface area contributed by atoms with E-state index in [-0.39, 0.29) is 6.04 Å². The van der Waals surface area contributed by atoms with Crippen LogP contribution in [0.1, 0.15) is 17.4 Å². The molecule has 0 aliphatic heterocycles. The van der Waals surface area contributed by atoms with Gasteiger partial charge in [0.05, 0.1) is 0 Å². The lowest BCUT2D eigenvalue weighted by Gasteiger charge is -2.16. The van der Waals surface area contributed by atoms with Crippen molar-refractivity contribution in [1.82, 2.24) is 14.9 Å². The molecule has 1 aromatic heterocycles. The number of nitrogens with zero attached hydrogens (tertiary/aromatic N) is 2. The van der Waals surface area contributed by atoms with E-state index in [1.807, 2.05) is 37.5 Å². The van der Waals surface area contributed by atoms with E-state index in [4.69, 9.17) is 11.6 Å². The number of aryl methyl sites for hydroxylation is 1. The Labute approximate surface area is 113 Å². The van der Waals surface area contributed by atoms with Gasteiger partial charge in [0.15, 0.2) is 0 Å². The number of benzene rings is 1. The Morgan fingerprint density at radius 3 is 2.72 bits per heavy atom. The molecule has 0 bridgehead atoms. The van der Waals surface area contributed by atoms with Crippen molar-refractivity contribution in [3.05, 3.63) is 54.1 Å². The fourth-order valence-electron chi connectivity index (χ4n) is 1.95. The van der Waals surface area contributed by atoms with Crippen LogP contribution >= 0.6 is 11.6 Å². The van der Waals surface area contributed by atoms with Gasteiger partial charge in [0.2, 0.25) is 0 Å². The van der Waals surface area contributed by atoms with Gasteiger partial charge in [0, 0.05) is 37.4 Å². The van der Waals surface area contributed by atoms with Gasteiger partial charge in [-0.15, -0.1) is 11.6 Å². The van der Waals surface area contributed by atoms with E-state index in [0.717, 1.165) is 18.9 Å². The predicted octanol–water partition coefficient (Wildman–Crippen LogP) is 2.76. The van der Waals surface area contributed by atoms with Crippen LogP contribution in [0.15, 0.2) is 42.7 Å². The number of hydrogen-bond acceptors (Lipinski definition) is 2. The number of hydrogen-bond donors (Lipinski definition) is 1. The van der Waals surface area contributed by atoms with E-state index in [2.05, 4.69) is 27.0 Å². The highest BCUT2D eigenvalue weighted by Gasteiger charge is 2.08. The standard InChI is InChI=1S/C14H18ClN3/c1-12-16-7-9-18(12)10-8-17-14(11-15)13-5-3-2-4-6-13/h2-7,9,14,17H,8,10-11H2,1H3. The maximum atomic E-state index is 6.01. The van der Waals surface area contributed by atoms with Crippen LogP contribution in [0.2, 0.25) is 0 Å².